The predicted molar refractivity (Wildman–Crippen MR) is 95.5 cm³/mol. The molecule has 3 rings (SSSR count). The third kappa shape index (κ3) is 2.96. The smallest absolute Gasteiger partial charge is 0.341 e. The Morgan fingerprint density at radius 2 is 2.22 bits per heavy atom. The molecule has 0 unspecified atom stereocenters. The summed E-state index contributed by atoms with van der Waals surface area (Å²) in [6, 6.07) is 0. The van der Waals surface area contributed by atoms with Crippen LogP contribution in [0.1, 0.15) is 32.9 Å². The summed E-state index contributed by atoms with van der Waals surface area (Å²) in [5.74, 6) is -0.313. The van der Waals surface area contributed by atoms with Crippen molar-refractivity contribution in [2.24, 2.45) is 7.05 Å². The number of aryl methyl sites for hydroxylation is 2. The van der Waals surface area contributed by atoms with Crippen LogP contribution in [0.3, 0.4) is 0 Å². The van der Waals surface area contributed by atoms with Crippen LogP contribution in [0, 0.1) is 6.92 Å². The zero-order chi connectivity index (χ0) is 16.6. The first kappa shape index (κ1) is 15.9. The maximum atomic E-state index is 12.1. The molecule has 0 saturated heterocycles. The standard InChI is InChI=1S/C15H18N4O2S2/c1-8-10(7-16-19(8)2)17-15(22)18-13-12(14(20)21-3)9-5-4-6-11(9)23-13/h7H,4-6H2,1-3H3,(H2,17,18,22). The maximum Gasteiger partial charge on any atom is 0.341 e. The molecule has 0 radical (unpaired) electrons. The van der Waals surface area contributed by atoms with Crippen molar-refractivity contribution in [2.45, 2.75) is 26.2 Å². The molecule has 2 aromatic rings. The monoisotopic (exact) mass is 350 g/mol. The van der Waals surface area contributed by atoms with Crippen molar-refractivity contribution < 1.29 is 9.53 Å². The van der Waals surface area contributed by atoms with Crippen LogP contribution in [0.25, 0.3) is 0 Å². The molecule has 0 aromatic carbocycles. The zero-order valence-electron chi connectivity index (χ0n) is 13.2. The quantitative estimate of drug-likeness (QED) is 0.655. The van der Waals surface area contributed by atoms with Gasteiger partial charge in [0, 0.05) is 11.9 Å². The first-order chi connectivity index (χ1) is 11.0. The molecule has 2 N–H and O–H groups in total. The number of nitrogens with one attached hydrogen (secondary N) is 2. The molecule has 1 aliphatic rings. The van der Waals surface area contributed by atoms with Crippen molar-refractivity contribution in [2.75, 3.05) is 17.7 Å². The van der Waals surface area contributed by atoms with Crippen molar-refractivity contribution in [1.82, 2.24) is 9.78 Å². The second-order valence-electron chi connectivity index (χ2n) is 5.40. The van der Waals surface area contributed by atoms with E-state index in [-0.39, 0.29) is 5.97 Å². The topological polar surface area (TPSA) is 68.2 Å². The summed E-state index contributed by atoms with van der Waals surface area (Å²) in [6.07, 6.45) is 4.73. The van der Waals surface area contributed by atoms with Crippen LogP contribution in [0.5, 0.6) is 0 Å². The Bertz CT molecular complexity index is 779. The Morgan fingerprint density at radius 3 is 2.87 bits per heavy atom. The minimum Gasteiger partial charge on any atom is -0.465 e. The first-order valence-electron chi connectivity index (χ1n) is 7.30. The lowest BCUT2D eigenvalue weighted by Gasteiger charge is -2.10. The van der Waals surface area contributed by atoms with Gasteiger partial charge in [0.2, 0.25) is 0 Å². The van der Waals surface area contributed by atoms with Gasteiger partial charge in [0.15, 0.2) is 5.11 Å². The van der Waals surface area contributed by atoms with Crippen LogP contribution < -0.4 is 10.6 Å². The van der Waals surface area contributed by atoms with Gasteiger partial charge in [0.25, 0.3) is 0 Å². The van der Waals surface area contributed by atoms with Crippen molar-refractivity contribution in [3.05, 3.63) is 27.9 Å². The summed E-state index contributed by atoms with van der Waals surface area (Å²) in [4.78, 5) is 13.4. The van der Waals surface area contributed by atoms with Crippen molar-refractivity contribution in [3.63, 3.8) is 0 Å². The van der Waals surface area contributed by atoms with Gasteiger partial charge < -0.3 is 15.4 Å². The Hall–Kier alpha value is -1.93. The van der Waals surface area contributed by atoms with Crippen molar-refractivity contribution >= 4 is 45.3 Å². The Labute approximate surface area is 143 Å². The molecule has 0 aliphatic heterocycles. The molecule has 6 nitrogen and oxygen atoms in total. The van der Waals surface area contributed by atoms with Gasteiger partial charge >= 0.3 is 5.97 Å². The average molecular weight is 350 g/mol. The maximum absolute atomic E-state index is 12.1. The van der Waals surface area contributed by atoms with Crippen LogP contribution in [0.4, 0.5) is 10.7 Å². The lowest BCUT2D eigenvalue weighted by molar-refractivity contribution is 0.0601. The normalized spacial score (nSPS) is 12.8. The number of esters is 1. The van der Waals surface area contributed by atoms with Crippen LogP contribution >= 0.6 is 23.6 Å². The van der Waals surface area contributed by atoms with E-state index in [0.29, 0.717) is 10.7 Å². The number of thiocarbonyl (C=S) groups is 1. The molecule has 0 atom stereocenters. The van der Waals surface area contributed by atoms with E-state index < -0.39 is 0 Å². The molecule has 0 fully saturated rings. The van der Waals surface area contributed by atoms with E-state index in [4.69, 9.17) is 17.0 Å². The number of methoxy groups -OCH3 is 1. The number of ether oxygens (including phenoxy) is 1. The van der Waals surface area contributed by atoms with E-state index in [0.717, 1.165) is 41.2 Å². The van der Waals surface area contributed by atoms with Crippen LogP contribution in [-0.2, 0) is 24.6 Å². The Kier molecular flexibility index (Phi) is 4.36. The van der Waals surface area contributed by atoms with Crippen molar-refractivity contribution in [3.8, 4) is 0 Å². The van der Waals surface area contributed by atoms with Gasteiger partial charge in [-0.15, -0.1) is 11.3 Å². The number of thiophene rings is 1. The summed E-state index contributed by atoms with van der Waals surface area (Å²) < 4.78 is 6.70. The zero-order valence-corrected chi connectivity index (χ0v) is 14.9. The minimum atomic E-state index is -0.313. The summed E-state index contributed by atoms with van der Waals surface area (Å²) in [5.41, 5.74) is 3.55. The molecule has 1 aliphatic carbocycles. The lowest BCUT2D eigenvalue weighted by Crippen LogP contribution is -2.20. The van der Waals surface area contributed by atoms with E-state index in [1.54, 1.807) is 22.2 Å². The molecular weight excluding hydrogens is 332 g/mol. The van der Waals surface area contributed by atoms with Crippen LogP contribution in [0.2, 0.25) is 0 Å². The highest BCUT2D eigenvalue weighted by Crippen LogP contribution is 2.39. The van der Waals surface area contributed by atoms with E-state index in [9.17, 15) is 4.79 Å². The minimum absolute atomic E-state index is 0.313. The molecule has 0 bridgehead atoms. The lowest BCUT2D eigenvalue weighted by atomic mass is 10.1. The molecule has 0 spiro atoms. The number of hydrogen-bond acceptors (Lipinski definition) is 5. The van der Waals surface area contributed by atoms with E-state index in [1.807, 2.05) is 14.0 Å². The third-order valence-corrected chi connectivity index (χ3v) is 5.43. The van der Waals surface area contributed by atoms with E-state index >= 15 is 0 Å². The SMILES string of the molecule is COC(=O)c1c(NC(=S)Nc2cnn(C)c2C)sc2c1CCC2. The predicted octanol–water partition coefficient (Wildman–Crippen LogP) is 2.87. The second-order valence-corrected chi connectivity index (χ2v) is 6.91. The summed E-state index contributed by atoms with van der Waals surface area (Å²) in [6.45, 7) is 1.96. The Morgan fingerprint density at radius 1 is 1.43 bits per heavy atom. The Balaban J connectivity index is 1.81. The molecule has 2 aromatic heterocycles. The molecule has 23 heavy (non-hydrogen) atoms. The van der Waals surface area contributed by atoms with Crippen LogP contribution in [-0.4, -0.2) is 28.0 Å². The third-order valence-electron chi connectivity index (χ3n) is 4.02. The van der Waals surface area contributed by atoms with E-state index in [2.05, 4.69) is 15.7 Å². The fourth-order valence-electron chi connectivity index (χ4n) is 2.69. The molecule has 8 heteroatoms. The largest absolute Gasteiger partial charge is 0.465 e. The molecule has 2 heterocycles. The molecular formula is C15H18N4O2S2. The van der Waals surface area contributed by atoms with Crippen molar-refractivity contribution in [1.29, 1.82) is 0 Å². The second kappa shape index (κ2) is 6.29. The number of rotatable bonds is 3. The highest BCUT2D eigenvalue weighted by Gasteiger charge is 2.27. The fraction of sp³-hybridized carbons (Fsp3) is 0.400. The van der Waals surface area contributed by atoms with Gasteiger partial charge in [-0.25, -0.2) is 4.79 Å². The fourth-order valence-corrected chi connectivity index (χ4v) is 4.25. The summed E-state index contributed by atoms with van der Waals surface area (Å²) in [5, 5.41) is 11.6. The van der Waals surface area contributed by atoms with E-state index in [1.165, 1.54) is 12.0 Å². The number of hydrogen-bond donors (Lipinski definition) is 2. The number of fused-ring (bicyclic) bond motifs is 1. The summed E-state index contributed by atoms with van der Waals surface area (Å²) in [7, 11) is 3.27. The van der Waals surface area contributed by atoms with Gasteiger partial charge in [-0.05, 0) is 44.0 Å². The molecule has 122 valence electrons. The number of anilines is 2. The van der Waals surface area contributed by atoms with Gasteiger partial charge in [0.1, 0.15) is 5.00 Å². The van der Waals surface area contributed by atoms with Gasteiger partial charge in [-0.3, -0.25) is 4.68 Å². The molecule has 0 saturated carbocycles. The highest BCUT2D eigenvalue weighted by atomic mass is 32.1. The first-order valence-corrected chi connectivity index (χ1v) is 8.53. The highest BCUT2D eigenvalue weighted by molar-refractivity contribution is 7.80. The van der Waals surface area contributed by atoms with Gasteiger partial charge in [-0.2, -0.15) is 5.10 Å². The van der Waals surface area contributed by atoms with Crippen LogP contribution in [0.15, 0.2) is 6.20 Å². The van der Waals surface area contributed by atoms with Gasteiger partial charge in [-0.1, -0.05) is 0 Å². The number of carbonyl (C=O) groups excluding carboxylic acids is 1. The number of aromatic nitrogens is 2. The average Bonchev–Trinajstić information content (AvgIpc) is 3.17. The summed E-state index contributed by atoms with van der Waals surface area (Å²) >= 11 is 6.95. The van der Waals surface area contributed by atoms with Gasteiger partial charge in [0.05, 0.1) is 30.3 Å². The molecule has 0 amide bonds. The number of nitrogens with zero attached hydrogens (tertiary/aromatic N) is 2. The number of carbonyl (C=O) groups is 1.